The molecule has 6 nitrogen and oxygen atoms in total. The largest absolute Gasteiger partial charge is 0.313 e. The molecule has 1 aromatic carbocycles. The van der Waals surface area contributed by atoms with E-state index < -0.39 is 0 Å². The molecule has 152 valence electrons. The standard InChI is InChI=1S/C23H22FN5O/c1-15-20(17-7-9-18(24)10-8-17)22-26-25-21-19(29(22)27-15)12-14-28(23(21)30)13-11-16-5-3-2-4-6-16/h5,7-10,12,14H,2-4,6,11,13H2,1H3. The number of allylic oxidation sites excluding steroid dienone is 2. The molecule has 0 unspecified atom stereocenters. The third-order valence-electron chi connectivity index (χ3n) is 5.82. The normalized spacial score (nSPS) is 14.4. The van der Waals surface area contributed by atoms with E-state index in [0.717, 1.165) is 36.1 Å². The lowest BCUT2D eigenvalue weighted by Gasteiger charge is -2.13. The van der Waals surface area contributed by atoms with Crippen LogP contribution in [0, 0.1) is 12.7 Å². The van der Waals surface area contributed by atoms with Crippen molar-refractivity contribution in [2.45, 2.75) is 45.6 Å². The SMILES string of the molecule is Cc1nn2c(nnc3c(=O)n(CCC4=CCCCC4)ccc32)c1-c1ccc(F)cc1. The highest BCUT2D eigenvalue weighted by molar-refractivity contribution is 5.84. The Labute approximate surface area is 172 Å². The Morgan fingerprint density at radius 3 is 2.70 bits per heavy atom. The van der Waals surface area contributed by atoms with Crippen LogP contribution in [0.5, 0.6) is 0 Å². The van der Waals surface area contributed by atoms with E-state index in [1.165, 1.54) is 30.5 Å². The number of aromatic nitrogens is 5. The van der Waals surface area contributed by atoms with Crippen LogP contribution in [0.15, 0.2) is 53.0 Å². The first-order valence-electron chi connectivity index (χ1n) is 10.3. The van der Waals surface area contributed by atoms with Crippen LogP contribution in [0.4, 0.5) is 4.39 Å². The van der Waals surface area contributed by atoms with E-state index >= 15 is 0 Å². The van der Waals surface area contributed by atoms with E-state index in [9.17, 15) is 9.18 Å². The average Bonchev–Trinajstić information content (AvgIpc) is 3.11. The molecule has 3 aromatic heterocycles. The zero-order valence-electron chi connectivity index (χ0n) is 16.8. The van der Waals surface area contributed by atoms with Crippen molar-refractivity contribution < 1.29 is 4.39 Å². The fourth-order valence-corrected chi connectivity index (χ4v) is 4.22. The van der Waals surface area contributed by atoms with Gasteiger partial charge in [0.05, 0.1) is 11.3 Å². The van der Waals surface area contributed by atoms with Crippen molar-refractivity contribution in [1.82, 2.24) is 24.4 Å². The Morgan fingerprint density at radius 1 is 1.10 bits per heavy atom. The van der Waals surface area contributed by atoms with Crippen molar-refractivity contribution >= 4 is 16.7 Å². The van der Waals surface area contributed by atoms with Gasteiger partial charge in [-0.15, -0.1) is 10.2 Å². The fraction of sp³-hybridized carbons (Fsp3) is 0.304. The average molecular weight is 403 g/mol. The first kappa shape index (κ1) is 18.7. The van der Waals surface area contributed by atoms with Crippen molar-refractivity contribution in [2.75, 3.05) is 0 Å². The number of fused-ring (bicyclic) bond motifs is 3. The highest BCUT2D eigenvalue weighted by Crippen LogP contribution is 2.28. The molecule has 0 amide bonds. The van der Waals surface area contributed by atoms with Gasteiger partial charge in [0, 0.05) is 12.7 Å². The van der Waals surface area contributed by atoms with Gasteiger partial charge in [0.1, 0.15) is 11.3 Å². The maximum Gasteiger partial charge on any atom is 0.280 e. The van der Waals surface area contributed by atoms with Gasteiger partial charge < -0.3 is 4.57 Å². The van der Waals surface area contributed by atoms with E-state index in [0.29, 0.717) is 23.2 Å². The third-order valence-corrected chi connectivity index (χ3v) is 5.82. The summed E-state index contributed by atoms with van der Waals surface area (Å²) in [4.78, 5) is 13.0. The quantitative estimate of drug-likeness (QED) is 0.473. The lowest BCUT2D eigenvalue weighted by atomic mass is 9.97. The number of benzene rings is 1. The van der Waals surface area contributed by atoms with Gasteiger partial charge in [-0.25, -0.2) is 8.91 Å². The summed E-state index contributed by atoms with van der Waals surface area (Å²) in [7, 11) is 0. The molecule has 0 atom stereocenters. The van der Waals surface area contributed by atoms with Crippen LogP contribution < -0.4 is 5.56 Å². The predicted octanol–water partition coefficient (Wildman–Crippen LogP) is 4.44. The number of rotatable bonds is 4. The maximum atomic E-state index is 13.3. The summed E-state index contributed by atoms with van der Waals surface area (Å²) in [6.45, 7) is 2.51. The summed E-state index contributed by atoms with van der Waals surface area (Å²) in [5, 5.41) is 13.2. The Bertz CT molecular complexity index is 1330. The molecule has 1 aliphatic carbocycles. The van der Waals surface area contributed by atoms with Crippen LogP contribution in [-0.4, -0.2) is 24.4 Å². The van der Waals surface area contributed by atoms with Crippen LogP contribution in [0.3, 0.4) is 0 Å². The van der Waals surface area contributed by atoms with E-state index in [2.05, 4.69) is 21.4 Å². The molecular weight excluding hydrogens is 381 g/mol. The zero-order valence-corrected chi connectivity index (χ0v) is 16.8. The Kier molecular flexibility index (Phi) is 4.65. The highest BCUT2D eigenvalue weighted by Gasteiger charge is 2.17. The van der Waals surface area contributed by atoms with E-state index in [1.807, 2.05) is 19.2 Å². The topological polar surface area (TPSA) is 65.1 Å². The minimum atomic E-state index is -0.297. The van der Waals surface area contributed by atoms with Crippen molar-refractivity contribution in [3.63, 3.8) is 0 Å². The smallest absolute Gasteiger partial charge is 0.280 e. The van der Waals surface area contributed by atoms with E-state index in [-0.39, 0.29) is 11.4 Å². The second kappa shape index (κ2) is 7.48. The van der Waals surface area contributed by atoms with Crippen LogP contribution in [0.2, 0.25) is 0 Å². The molecular formula is C23H22FN5O. The summed E-state index contributed by atoms with van der Waals surface area (Å²) in [5.41, 5.74) is 5.10. The van der Waals surface area contributed by atoms with E-state index in [1.54, 1.807) is 21.2 Å². The molecule has 30 heavy (non-hydrogen) atoms. The number of pyridine rings is 1. The van der Waals surface area contributed by atoms with Crippen molar-refractivity contribution in [1.29, 1.82) is 0 Å². The van der Waals surface area contributed by atoms with Gasteiger partial charge in [0.2, 0.25) is 0 Å². The summed E-state index contributed by atoms with van der Waals surface area (Å²) in [6, 6.07) is 8.08. The molecule has 0 bridgehead atoms. The minimum absolute atomic E-state index is 0.158. The summed E-state index contributed by atoms with van der Waals surface area (Å²) in [5.74, 6) is -0.297. The summed E-state index contributed by atoms with van der Waals surface area (Å²) >= 11 is 0. The molecule has 1 aliphatic rings. The van der Waals surface area contributed by atoms with Gasteiger partial charge in [0.15, 0.2) is 11.2 Å². The molecule has 7 heteroatoms. The van der Waals surface area contributed by atoms with Crippen molar-refractivity contribution in [3.8, 4) is 11.1 Å². The van der Waals surface area contributed by atoms with Crippen LogP contribution in [0.1, 0.15) is 37.8 Å². The number of hydrogen-bond donors (Lipinski definition) is 0. The Hall–Kier alpha value is -3.35. The molecule has 0 saturated carbocycles. The van der Waals surface area contributed by atoms with Gasteiger partial charge in [0.25, 0.3) is 5.56 Å². The Morgan fingerprint density at radius 2 is 1.93 bits per heavy atom. The summed E-state index contributed by atoms with van der Waals surface area (Å²) in [6.07, 6.45) is 9.76. The monoisotopic (exact) mass is 403 g/mol. The number of nitrogens with zero attached hydrogens (tertiary/aromatic N) is 5. The zero-order chi connectivity index (χ0) is 20.7. The number of hydrogen-bond acceptors (Lipinski definition) is 4. The van der Waals surface area contributed by atoms with Gasteiger partial charge >= 0.3 is 0 Å². The van der Waals surface area contributed by atoms with Gasteiger partial charge in [-0.1, -0.05) is 23.8 Å². The minimum Gasteiger partial charge on any atom is -0.313 e. The highest BCUT2D eigenvalue weighted by atomic mass is 19.1. The molecule has 0 aliphatic heterocycles. The Balaban J connectivity index is 1.56. The van der Waals surface area contributed by atoms with Gasteiger partial charge in [-0.3, -0.25) is 4.79 Å². The molecule has 0 radical (unpaired) electrons. The molecule has 0 N–H and O–H groups in total. The van der Waals surface area contributed by atoms with Crippen molar-refractivity contribution in [3.05, 3.63) is 70.0 Å². The molecule has 0 saturated heterocycles. The van der Waals surface area contributed by atoms with Crippen LogP contribution in [-0.2, 0) is 6.54 Å². The molecule has 4 aromatic rings. The lowest BCUT2D eigenvalue weighted by molar-refractivity contribution is 0.615. The number of halogens is 1. The van der Waals surface area contributed by atoms with Crippen LogP contribution in [0.25, 0.3) is 27.8 Å². The number of aryl methyl sites for hydroxylation is 2. The molecule has 0 spiro atoms. The first-order valence-corrected chi connectivity index (χ1v) is 10.3. The lowest BCUT2D eigenvalue weighted by Crippen LogP contribution is -2.22. The molecule has 0 fully saturated rings. The second-order valence-corrected chi connectivity index (χ2v) is 7.81. The predicted molar refractivity (Wildman–Crippen MR) is 114 cm³/mol. The first-order chi connectivity index (χ1) is 14.6. The summed E-state index contributed by atoms with van der Waals surface area (Å²) < 4.78 is 16.7. The van der Waals surface area contributed by atoms with Crippen LogP contribution >= 0.6 is 0 Å². The molecule has 3 heterocycles. The maximum absolute atomic E-state index is 13.3. The third kappa shape index (κ3) is 3.20. The van der Waals surface area contributed by atoms with Gasteiger partial charge in [-0.05, 0) is 62.8 Å². The van der Waals surface area contributed by atoms with Gasteiger partial charge in [-0.2, -0.15) is 5.10 Å². The van der Waals surface area contributed by atoms with E-state index in [4.69, 9.17) is 0 Å². The fourth-order valence-electron chi connectivity index (χ4n) is 4.22. The van der Waals surface area contributed by atoms with Crippen molar-refractivity contribution in [2.24, 2.45) is 0 Å². The molecule has 5 rings (SSSR count). The second-order valence-electron chi connectivity index (χ2n) is 7.81.